The molecule has 2 fully saturated rings. The SMILES string of the molecule is CCOC(=O)C1[C@H]2CC(NC(=O)COc3ccc(Cl)c(F)c3)C[C@@H]12. The van der Waals surface area contributed by atoms with E-state index in [4.69, 9.17) is 21.1 Å². The number of carbonyl (C=O) groups excluding carboxylic acids is 2. The number of amides is 1. The van der Waals surface area contributed by atoms with E-state index in [0.717, 1.165) is 18.9 Å². The number of hydrogen-bond acceptors (Lipinski definition) is 4. The highest BCUT2D eigenvalue weighted by atomic mass is 35.5. The van der Waals surface area contributed by atoms with Crippen LogP contribution in [0, 0.1) is 23.6 Å². The van der Waals surface area contributed by atoms with Crippen molar-refractivity contribution in [2.75, 3.05) is 13.2 Å². The van der Waals surface area contributed by atoms with Gasteiger partial charge in [-0.1, -0.05) is 11.6 Å². The van der Waals surface area contributed by atoms with Gasteiger partial charge < -0.3 is 14.8 Å². The summed E-state index contributed by atoms with van der Waals surface area (Å²) >= 11 is 5.59. The Bertz CT molecular complexity index is 641. The fourth-order valence-electron chi connectivity index (χ4n) is 3.53. The second-order valence-electron chi connectivity index (χ2n) is 6.21. The molecule has 2 aliphatic carbocycles. The van der Waals surface area contributed by atoms with Gasteiger partial charge in [-0.3, -0.25) is 9.59 Å². The van der Waals surface area contributed by atoms with Crippen LogP contribution in [0.1, 0.15) is 19.8 Å². The number of fused-ring (bicyclic) bond motifs is 1. The second-order valence-corrected chi connectivity index (χ2v) is 6.61. The Labute approximate surface area is 144 Å². The van der Waals surface area contributed by atoms with Crippen LogP contribution in [0.5, 0.6) is 5.75 Å². The van der Waals surface area contributed by atoms with Crippen molar-refractivity contribution in [2.24, 2.45) is 17.8 Å². The summed E-state index contributed by atoms with van der Waals surface area (Å²) in [6.45, 7) is 2.01. The normalized spacial score (nSPS) is 27.3. The van der Waals surface area contributed by atoms with E-state index in [-0.39, 0.29) is 41.2 Å². The number of esters is 1. The quantitative estimate of drug-likeness (QED) is 0.796. The zero-order chi connectivity index (χ0) is 17.3. The van der Waals surface area contributed by atoms with Crippen LogP contribution in [0.25, 0.3) is 0 Å². The van der Waals surface area contributed by atoms with E-state index < -0.39 is 5.82 Å². The van der Waals surface area contributed by atoms with E-state index in [0.29, 0.717) is 18.4 Å². The number of ether oxygens (including phenoxy) is 2. The van der Waals surface area contributed by atoms with E-state index in [1.807, 2.05) is 0 Å². The molecular weight excluding hydrogens is 337 g/mol. The lowest BCUT2D eigenvalue weighted by molar-refractivity contribution is -0.145. The Kier molecular flexibility index (Phi) is 4.94. The number of rotatable bonds is 6. The molecule has 0 saturated heterocycles. The molecule has 1 aromatic carbocycles. The van der Waals surface area contributed by atoms with Gasteiger partial charge in [0, 0.05) is 12.1 Å². The predicted molar refractivity (Wildman–Crippen MR) is 85.2 cm³/mol. The Morgan fingerprint density at radius 1 is 1.33 bits per heavy atom. The van der Waals surface area contributed by atoms with Crippen molar-refractivity contribution in [1.82, 2.24) is 5.32 Å². The first-order chi connectivity index (χ1) is 11.5. The molecular formula is C17H19ClFNO4. The van der Waals surface area contributed by atoms with Crippen LogP contribution in [-0.2, 0) is 14.3 Å². The highest BCUT2D eigenvalue weighted by Gasteiger charge is 2.60. The van der Waals surface area contributed by atoms with E-state index >= 15 is 0 Å². The molecule has 0 radical (unpaired) electrons. The van der Waals surface area contributed by atoms with Gasteiger partial charge in [0.15, 0.2) is 6.61 Å². The molecule has 4 atom stereocenters. The Morgan fingerprint density at radius 3 is 2.67 bits per heavy atom. The van der Waals surface area contributed by atoms with Gasteiger partial charge in [-0.05, 0) is 43.7 Å². The monoisotopic (exact) mass is 355 g/mol. The Balaban J connectivity index is 1.40. The maximum atomic E-state index is 13.3. The molecule has 130 valence electrons. The van der Waals surface area contributed by atoms with Gasteiger partial charge in [-0.2, -0.15) is 0 Å². The lowest BCUT2D eigenvalue weighted by Gasteiger charge is -2.16. The van der Waals surface area contributed by atoms with Crippen molar-refractivity contribution in [3.8, 4) is 5.75 Å². The fourth-order valence-corrected chi connectivity index (χ4v) is 3.65. The van der Waals surface area contributed by atoms with Crippen molar-refractivity contribution in [1.29, 1.82) is 0 Å². The molecule has 5 nitrogen and oxygen atoms in total. The van der Waals surface area contributed by atoms with E-state index in [2.05, 4.69) is 5.32 Å². The van der Waals surface area contributed by atoms with Gasteiger partial charge in [0.25, 0.3) is 5.91 Å². The van der Waals surface area contributed by atoms with Crippen LogP contribution in [0.3, 0.4) is 0 Å². The molecule has 0 spiro atoms. The molecule has 2 unspecified atom stereocenters. The summed E-state index contributed by atoms with van der Waals surface area (Å²) in [6, 6.07) is 4.09. The maximum absolute atomic E-state index is 13.3. The van der Waals surface area contributed by atoms with Crippen molar-refractivity contribution >= 4 is 23.5 Å². The first-order valence-electron chi connectivity index (χ1n) is 8.03. The third-order valence-corrected chi connectivity index (χ3v) is 4.94. The maximum Gasteiger partial charge on any atom is 0.309 e. The van der Waals surface area contributed by atoms with E-state index in [9.17, 15) is 14.0 Å². The van der Waals surface area contributed by atoms with Crippen LogP contribution < -0.4 is 10.1 Å². The zero-order valence-corrected chi connectivity index (χ0v) is 14.0. The van der Waals surface area contributed by atoms with Gasteiger partial charge in [0.05, 0.1) is 17.5 Å². The second kappa shape index (κ2) is 6.97. The highest BCUT2D eigenvalue weighted by molar-refractivity contribution is 6.30. The predicted octanol–water partition coefficient (Wildman–Crippen LogP) is 2.56. The molecule has 24 heavy (non-hydrogen) atoms. The number of halogens is 2. The van der Waals surface area contributed by atoms with Gasteiger partial charge in [-0.15, -0.1) is 0 Å². The van der Waals surface area contributed by atoms with Gasteiger partial charge in [0.1, 0.15) is 11.6 Å². The standard InChI is InChI=1S/C17H19ClFNO4/c1-2-23-17(22)16-11-5-9(6-12(11)16)20-15(21)8-24-10-3-4-13(18)14(19)7-10/h3-4,7,9,11-12,16H,2,5-6,8H2,1H3,(H,20,21)/t9?,11-,12+,16?. The van der Waals surface area contributed by atoms with Crippen LogP contribution in [-0.4, -0.2) is 31.1 Å². The molecule has 0 heterocycles. The van der Waals surface area contributed by atoms with Gasteiger partial charge in [-0.25, -0.2) is 4.39 Å². The van der Waals surface area contributed by atoms with Gasteiger partial charge in [0.2, 0.25) is 0 Å². The van der Waals surface area contributed by atoms with Gasteiger partial charge >= 0.3 is 5.97 Å². The van der Waals surface area contributed by atoms with E-state index in [1.54, 1.807) is 6.92 Å². The molecule has 2 aliphatic rings. The molecule has 7 heteroatoms. The summed E-state index contributed by atoms with van der Waals surface area (Å²) in [5, 5.41) is 2.90. The summed E-state index contributed by atoms with van der Waals surface area (Å²) in [4.78, 5) is 23.6. The lowest BCUT2D eigenvalue weighted by Crippen LogP contribution is -2.37. The van der Waals surface area contributed by atoms with Crippen LogP contribution in [0.4, 0.5) is 4.39 Å². The minimum absolute atomic E-state index is 0.00592. The first-order valence-corrected chi connectivity index (χ1v) is 8.41. The average molecular weight is 356 g/mol. The Morgan fingerprint density at radius 2 is 2.04 bits per heavy atom. The topological polar surface area (TPSA) is 64.6 Å². The largest absolute Gasteiger partial charge is 0.484 e. The third kappa shape index (κ3) is 3.64. The summed E-state index contributed by atoms with van der Waals surface area (Å²) in [5.41, 5.74) is 0. The van der Waals surface area contributed by atoms with Crippen molar-refractivity contribution in [3.63, 3.8) is 0 Å². The van der Waals surface area contributed by atoms with Crippen molar-refractivity contribution < 1.29 is 23.5 Å². The molecule has 0 aliphatic heterocycles. The molecule has 0 aromatic heterocycles. The lowest BCUT2D eigenvalue weighted by atomic mass is 10.1. The van der Waals surface area contributed by atoms with Crippen LogP contribution >= 0.6 is 11.6 Å². The van der Waals surface area contributed by atoms with Crippen LogP contribution in [0.15, 0.2) is 18.2 Å². The summed E-state index contributed by atoms with van der Waals surface area (Å²) in [7, 11) is 0. The number of carbonyl (C=O) groups is 2. The highest BCUT2D eigenvalue weighted by Crippen LogP contribution is 2.57. The fraction of sp³-hybridized carbons (Fsp3) is 0.529. The van der Waals surface area contributed by atoms with Crippen molar-refractivity contribution in [3.05, 3.63) is 29.0 Å². The Hall–Kier alpha value is -1.82. The average Bonchev–Trinajstić information content (AvgIpc) is 3.05. The molecule has 2 saturated carbocycles. The molecule has 1 aromatic rings. The zero-order valence-electron chi connectivity index (χ0n) is 13.3. The van der Waals surface area contributed by atoms with Crippen LogP contribution in [0.2, 0.25) is 5.02 Å². The van der Waals surface area contributed by atoms with Crippen molar-refractivity contribution in [2.45, 2.75) is 25.8 Å². The number of benzene rings is 1. The number of nitrogens with one attached hydrogen (secondary N) is 1. The smallest absolute Gasteiger partial charge is 0.309 e. The first kappa shape index (κ1) is 17.0. The molecule has 0 bridgehead atoms. The third-order valence-electron chi connectivity index (χ3n) is 4.63. The minimum Gasteiger partial charge on any atom is -0.484 e. The molecule has 1 N–H and O–H groups in total. The molecule has 3 rings (SSSR count). The van der Waals surface area contributed by atoms with E-state index in [1.165, 1.54) is 12.1 Å². The number of hydrogen-bond donors (Lipinski definition) is 1. The summed E-state index contributed by atoms with van der Waals surface area (Å²) in [6.07, 6.45) is 1.57. The minimum atomic E-state index is -0.588. The summed E-state index contributed by atoms with van der Waals surface area (Å²) < 4.78 is 23.6. The summed E-state index contributed by atoms with van der Waals surface area (Å²) in [5.74, 6) is -0.0680. The molecule has 1 amide bonds.